The highest BCUT2D eigenvalue weighted by Crippen LogP contribution is 2.07. The summed E-state index contributed by atoms with van der Waals surface area (Å²) in [6, 6.07) is 0. The zero-order chi connectivity index (χ0) is 17.5. The predicted octanol–water partition coefficient (Wildman–Crippen LogP) is -0.141. The second-order valence-electron chi connectivity index (χ2n) is 4.69. The molecule has 0 aromatic carbocycles. The molecular weight excluding hydrogens is 328 g/mol. The van der Waals surface area contributed by atoms with Crippen molar-refractivity contribution in [2.45, 2.75) is 25.8 Å². The highest BCUT2D eigenvalue weighted by Gasteiger charge is 2.12. The lowest BCUT2D eigenvalue weighted by Crippen LogP contribution is -2.26. The first kappa shape index (κ1) is 17.1. The van der Waals surface area contributed by atoms with Crippen molar-refractivity contribution < 1.29 is 19.8 Å². The van der Waals surface area contributed by atoms with E-state index in [0.717, 1.165) is 0 Å². The van der Waals surface area contributed by atoms with Crippen LogP contribution in [-0.4, -0.2) is 43.1 Å². The molecule has 0 atom stereocenters. The molecule has 13 heteroatoms. The maximum absolute atomic E-state index is 12.4. The number of aromatic nitrogens is 4. The average molecular weight is 342 g/mol. The van der Waals surface area contributed by atoms with Crippen molar-refractivity contribution in [2.75, 3.05) is 13.2 Å². The summed E-state index contributed by atoms with van der Waals surface area (Å²) in [5.41, 5.74) is -0.0389. The van der Waals surface area contributed by atoms with Crippen LogP contribution in [0.4, 0.5) is 0 Å². The van der Waals surface area contributed by atoms with E-state index in [4.69, 9.17) is 0 Å². The van der Waals surface area contributed by atoms with Crippen molar-refractivity contribution in [3.8, 4) is 0 Å². The van der Waals surface area contributed by atoms with Gasteiger partial charge in [0.15, 0.2) is 5.65 Å². The summed E-state index contributed by atoms with van der Waals surface area (Å²) < 4.78 is 1.35. The molecule has 0 aliphatic rings. The van der Waals surface area contributed by atoms with Gasteiger partial charge in [0, 0.05) is 13.0 Å². The fourth-order valence-corrected chi connectivity index (χ4v) is 2.13. The molecule has 0 spiro atoms. The lowest BCUT2D eigenvalue weighted by molar-refractivity contribution is -0.757. The van der Waals surface area contributed by atoms with E-state index in [-0.39, 0.29) is 50.0 Å². The molecule has 24 heavy (non-hydrogen) atoms. The van der Waals surface area contributed by atoms with E-state index in [9.17, 15) is 25.0 Å². The fraction of sp³-hybridized carbons (Fsp3) is 0.545. The van der Waals surface area contributed by atoms with E-state index in [1.54, 1.807) is 0 Å². The number of rotatable bonds is 10. The third-order valence-electron chi connectivity index (χ3n) is 3.11. The Labute approximate surface area is 133 Å². The first-order valence-corrected chi connectivity index (χ1v) is 6.96. The van der Waals surface area contributed by atoms with Crippen LogP contribution in [0.2, 0.25) is 0 Å². The van der Waals surface area contributed by atoms with Gasteiger partial charge in [0.25, 0.3) is 15.7 Å². The first-order valence-electron chi connectivity index (χ1n) is 6.96. The molecule has 0 unspecified atom stereocenters. The Morgan fingerprint density at radius 1 is 1.17 bits per heavy atom. The maximum Gasteiger partial charge on any atom is 0.294 e. The Morgan fingerprint density at radius 3 is 2.50 bits per heavy atom. The summed E-state index contributed by atoms with van der Waals surface area (Å²) in [7, 11) is 0. The molecule has 1 N–H and O–H groups in total. The number of nitrogens with one attached hydrogen (secondary N) is 1. The normalized spacial score (nSPS) is 10.7. The van der Waals surface area contributed by atoms with Gasteiger partial charge in [-0.3, -0.25) is 14.5 Å². The highest BCUT2D eigenvalue weighted by atomic mass is 17.0. The van der Waals surface area contributed by atoms with Gasteiger partial charge in [0.05, 0.1) is 19.4 Å². The van der Waals surface area contributed by atoms with Gasteiger partial charge in [-0.25, -0.2) is 4.98 Å². The van der Waals surface area contributed by atoms with Crippen molar-refractivity contribution in [3.05, 3.63) is 42.6 Å². The quantitative estimate of drug-likeness (QED) is 0.351. The largest absolute Gasteiger partial charge is 0.314 e. The molecule has 2 aromatic rings. The number of aryl methyl sites for hydroxylation is 1. The van der Waals surface area contributed by atoms with Gasteiger partial charge >= 0.3 is 0 Å². The summed E-state index contributed by atoms with van der Waals surface area (Å²) in [6.45, 7) is -0.132. The van der Waals surface area contributed by atoms with Crippen LogP contribution in [0.25, 0.3) is 11.0 Å². The average Bonchev–Trinajstić information content (AvgIpc) is 2.98. The third-order valence-corrected chi connectivity index (χ3v) is 3.11. The second-order valence-corrected chi connectivity index (χ2v) is 4.69. The van der Waals surface area contributed by atoms with Gasteiger partial charge in [-0.1, -0.05) is 0 Å². The molecule has 2 rings (SSSR count). The minimum absolute atomic E-state index is 0.131. The Balaban J connectivity index is 2.13. The Hall–Kier alpha value is -3.25. The van der Waals surface area contributed by atoms with Gasteiger partial charge in [-0.05, 0) is 12.8 Å². The van der Waals surface area contributed by atoms with Gasteiger partial charge in [0.2, 0.25) is 0 Å². The smallest absolute Gasteiger partial charge is 0.294 e. The molecule has 13 nitrogen and oxygen atoms in total. The summed E-state index contributed by atoms with van der Waals surface area (Å²) >= 11 is 0. The van der Waals surface area contributed by atoms with E-state index in [2.05, 4.69) is 24.9 Å². The van der Waals surface area contributed by atoms with Crippen molar-refractivity contribution in [1.29, 1.82) is 0 Å². The summed E-state index contributed by atoms with van der Waals surface area (Å²) in [5.74, 6) is 0.379. The number of hydrogen-bond donors (Lipinski definition) is 1. The number of fused-ring (bicyclic) bond motifs is 1. The topological polar surface area (TPSA) is 168 Å². The summed E-state index contributed by atoms with van der Waals surface area (Å²) in [6.07, 6.45) is 2.10. The lowest BCUT2D eigenvalue weighted by atomic mass is 10.2. The molecular formula is C11H14N6O7. The Kier molecular flexibility index (Phi) is 5.59. The first-order chi connectivity index (χ1) is 11.5. The van der Waals surface area contributed by atoms with Crippen LogP contribution >= 0.6 is 0 Å². The van der Waals surface area contributed by atoms with E-state index in [1.165, 1.54) is 10.8 Å². The van der Waals surface area contributed by atoms with Gasteiger partial charge in [-0.2, -0.15) is 5.10 Å². The molecule has 0 aliphatic heterocycles. The van der Waals surface area contributed by atoms with Crippen LogP contribution in [0.3, 0.4) is 0 Å². The van der Waals surface area contributed by atoms with Crippen molar-refractivity contribution >= 4 is 11.0 Å². The molecule has 2 aromatic heterocycles. The van der Waals surface area contributed by atoms with Crippen LogP contribution in [0.1, 0.15) is 18.7 Å². The van der Waals surface area contributed by atoms with Crippen LogP contribution in [0.5, 0.6) is 0 Å². The van der Waals surface area contributed by atoms with Crippen molar-refractivity contribution in [3.63, 3.8) is 0 Å². The van der Waals surface area contributed by atoms with E-state index in [0.29, 0.717) is 11.5 Å². The number of aromatic amines is 1. The van der Waals surface area contributed by atoms with E-state index >= 15 is 0 Å². The minimum atomic E-state index is -0.907. The predicted molar refractivity (Wildman–Crippen MR) is 77.0 cm³/mol. The van der Waals surface area contributed by atoms with Crippen molar-refractivity contribution in [2.24, 2.45) is 0 Å². The van der Waals surface area contributed by atoms with Crippen LogP contribution in [-0.2, 0) is 22.6 Å². The van der Waals surface area contributed by atoms with Crippen LogP contribution in [0.15, 0.2) is 11.0 Å². The fourth-order valence-electron chi connectivity index (χ4n) is 2.13. The molecule has 0 fully saturated rings. The third kappa shape index (κ3) is 4.37. The highest BCUT2D eigenvalue weighted by molar-refractivity contribution is 5.72. The van der Waals surface area contributed by atoms with Crippen molar-refractivity contribution in [1.82, 2.24) is 19.7 Å². The molecule has 2 heterocycles. The Bertz CT molecular complexity index is 785. The Morgan fingerprint density at radius 2 is 1.83 bits per heavy atom. The SMILES string of the molecule is O=c1c2cn[nH]c2nc(CCCO[N+](=O)[O-])n1CCCO[N+](=O)[O-]. The summed E-state index contributed by atoms with van der Waals surface area (Å²) in [5, 5.41) is 25.1. The number of nitrogens with zero attached hydrogens (tertiary/aromatic N) is 5. The summed E-state index contributed by atoms with van der Waals surface area (Å²) in [4.78, 5) is 45.4. The zero-order valence-electron chi connectivity index (χ0n) is 12.4. The number of H-pyrrole nitrogens is 1. The second kappa shape index (κ2) is 7.85. The molecule has 0 saturated heterocycles. The van der Waals surface area contributed by atoms with Gasteiger partial charge in [-0.15, -0.1) is 20.2 Å². The number of hydrogen-bond acceptors (Lipinski definition) is 9. The van der Waals surface area contributed by atoms with E-state index in [1.807, 2.05) is 0 Å². The monoisotopic (exact) mass is 342 g/mol. The maximum atomic E-state index is 12.4. The van der Waals surface area contributed by atoms with Gasteiger partial charge < -0.3 is 9.68 Å². The standard InChI is InChI=1S/C11H14N6O7/c18-11-8-7-12-14-10(8)13-9(3-1-5-23-16(19)20)15(11)4-2-6-24-17(21)22/h7H,1-6H2,(H,12,14). The molecule has 130 valence electrons. The molecule has 0 bridgehead atoms. The molecule has 0 saturated carbocycles. The van der Waals surface area contributed by atoms with Gasteiger partial charge in [0.1, 0.15) is 11.2 Å². The molecule has 0 aliphatic carbocycles. The zero-order valence-corrected chi connectivity index (χ0v) is 12.4. The lowest BCUT2D eigenvalue weighted by Gasteiger charge is -2.11. The molecule has 0 radical (unpaired) electrons. The molecule has 0 amide bonds. The van der Waals surface area contributed by atoms with Crippen LogP contribution in [0, 0.1) is 20.2 Å². The van der Waals surface area contributed by atoms with E-state index < -0.39 is 10.2 Å². The minimum Gasteiger partial charge on any atom is -0.314 e. The van der Waals surface area contributed by atoms with Crippen LogP contribution < -0.4 is 5.56 Å².